The van der Waals surface area contributed by atoms with Crippen LogP contribution in [-0.2, 0) is 16.7 Å². The van der Waals surface area contributed by atoms with Crippen molar-refractivity contribution in [1.82, 2.24) is 14.5 Å². The lowest BCUT2D eigenvalue weighted by molar-refractivity contribution is 0.462. The Morgan fingerprint density at radius 3 is 2.94 bits per heavy atom. The Morgan fingerprint density at radius 2 is 2.22 bits per heavy atom. The van der Waals surface area contributed by atoms with E-state index in [1.54, 1.807) is 12.4 Å². The fourth-order valence-corrected chi connectivity index (χ4v) is 4.00. The number of imidazole rings is 1. The fourth-order valence-electron chi connectivity index (χ4n) is 2.54. The van der Waals surface area contributed by atoms with Gasteiger partial charge in [-0.05, 0) is 18.9 Å². The lowest BCUT2D eigenvalue weighted by Gasteiger charge is -2.24. The van der Waals surface area contributed by atoms with Gasteiger partial charge in [-0.2, -0.15) is 0 Å². The van der Waals surface area contributed by atoms with Crippen molar-refractivity contribution in [1.29, 1.82) is 0 Å². The topological polar surface area (TPSA) is 47.8 Å². The minimum atomic E-state index is -0.644. The van der Waals surface area contributed by atoms with Crippen LogP contribution in [0.4, 0.5) is 0 Å². The molecule has 0 bridgehead atoms. The summed E-state index contributed by atoms with van der Waals surface area (Å²) in [5, 5.41) is 0. The molecule has 1 aliphatic heterocycles. The molecule has 0 N–H and O–H groups in total. The molecule has 1 fully saturated rings. The van der Waals surface area contributed by atoms with Crippen LogP contribution >= 0.6 is 11.6 Å². The standard InChI is InChI=1S/C12H14ClN3OS/c13-7-12-15-10-8-14-4-1-11(10)16(12)9-2-5-18(17)6-3-9/h1,4,8-9H,2-3,5-7H2. The first-order chi connectivity index (χ1) is 8.79. The maximum Gasteiger partial charge on any atom is 0.125 e. The van der Waals surface area contributed by atoms with Gasteiger partial charge >= 0.3 is 0 Å². The van der Waals surface area contributed by atoms with Crippen molar-refractivity contribution in [3.05, 3.63) is 24.3 Å². The largest absolute Gasteiger partial charge is 0.324 e. The van der Waals surface area contributed by atoms with E-state index in [1.807, 2.05) is 6.07 Å². The van der Waals surface area contributed by atoms with Crippen molar-refractivity contribution in [3.8, 4) is 0 Å². The van der Waals surface area contributed by atoms with Gasteiger partial charge in [0.2, 0.25) is 0 Å². The highest BCUT2D eigenvalue weighted by molar-refractivity contribution is 7.85. The summed E-state index contributed by atoms with van der Waals surface area (Å²) in [7, 11) is -0.644. The number of fused-ring (bicyclic) bond motifs is 1. The van der Waals surface area contributed by atoms with Crippen molar-refractivity contribution in [2.24, 2.45) is 0 Å². The Bertz CT molecular complexity index is 588. The first kappa shape index (κ1) is 12.1. The van der Waals surface area contributed by atoms with Crippen LogP contribution in [0, 0.1) is 0 Å². The van der Waals surface area contributed by atoms with E-state index in [0.717, 1.165) is 41.2 Å². The van der Waals surface area contributed by atoms with E-state index < -0.39 is 10.8 Å². The lowest BCUT2D eigenvalue weighted by Crippen LogP contribution is -2.22. The van der Waals surface area contributed by atoms with Gasteiger partial charge in [0.1, 0.15) is 11.3 Å². The van der Waals surface area contributed by atoms with Crippen molar-refractivity contribution >= 4 is 33.4 Å². The van der Waals surface area contributed by atoms with Gasteiger partial charge in [-0.1, -0.05) is 0 Å². The summed E-state index contributed by atoms with van der Waals surface area (Å²) in [4.78, 5) is 8.61. The molecule has 2 aromatic heterocycles. The van der Waals surface area contributed by atoms with Gasteiger partial charge in [0, 0.05) is 34.5 Å². The molecule has 0 aromatic carbocycles. The molecule has 0 unspecified atom stereocenters. The third-order valence-corrected chi connectivity index (χ3v) is 5.03. The van der Waals surface area contributed by atoms with Crippen molar-refractivity contribution < 1.29 is 4.21 Å². The molecule has 18 heavy (non-hydrogen) atoms. The molecule has 1 aliphatic rings. The number of aromatic nitrogens is 3. The van der Waals surface area contributed by atoms with E-state index >= 15 is 0 Å². The number of hydrogen-bond donors (Lipinski definition) is 0. The fraction of sp³-hybridized carbons (Fsp3) is 0.500. The number of alkyl halides is 1. The van der Waals surface area contributed by atoms with E-state index in [-0.39, 0.29) is 0 Å². The van der Waals surface area contributed by atoms with Crippen molar-refractivity contribution in [2.45, 2.75) is 24.8 Å². The Kier molecular flexibility index (Phi) is 3.35. The summed E-state index contributed by atoms with van der Waals surface area (Å²) in [6.07, 6.45) is 5.41. The third-order valence-electron chi connectivity index (χ3n) is 3.41. The summed E-state index contributed by atoms with van der Waals surface area (Å²) < 4.78 is 13.7. The minimum absolute atomic E-state index is 0.365. The maximum atomic E-state index is 11.4. The van der Waals surface area contributed by atoms with Gasteiger partial charge in [0.05, 0.1) is 17.6 Å². The van der Waals surface area contributed by atoms with Gasteiger partial charge in [-0.25, -0.2) is 4.98 Å². The smallest absolute Gasteiger partial charge is 0.125 e. The number of nitrogens with zero attached hydrogens (tertiary/aromatic N) is 3. The van der Waals surface area contributed by atoms with Gasteiger partial charge < -0.3 is 4.57 Å². The molecule has 0 atom stereocenters. The second-order valence-electron chi connectivity index (χ2n) is 4.48. The monoisotopic (exact) mass is 283 g/mol. The molecule has 4 nitrogen and oxygen atoms in total. The molecule has 2 aromatic rings. The van der Waals surface area contributed by atoms with Crippen LogP contribution in [0.25, 0.3) is 11.0 Å². The van der Waals surface area contributed by atoms with E-state index in [9.17, 15) is 4.21 Å². The summed E-state index contributed by atoms with van der Waals surface area (Å²) in [6.45, 7) is 0. The summed E-state index contributed by atoms with van der Waals surface area (Å²) in [5.74, 6) is 2.83. The van der Waals surface area contributed by atoms with Crippen LogP contribution in [-0.4, -0.2) is 30.2 Å². The van der Waals surface area contributed by atoms with E-state index in [2.05, 4.69) is 14.5 Å². The van der Waals surface area contributed by atoms with Crippen LogP contribution in [0.2, 0.25) is 0 Å². The molecule has 1 saturated heterocycles. The second kappa shape index (κ2) is 4.97. The minimum Gasteiger partial charge on any atom is -0.324 e. The van der Waals surface area contributed by atoms with Gasteiger partial charge in [-0.15, -0.1) is 11.6 Å². The molecule has 0 saturated carbocycles. The first-order valence-corrected chi connectivity index (χ1v) is 8.03. The number of rotatable bonds is 2. The molecule has 96 valence electrons. The molecule has 6 heteroatoms. The average molecular weight is 284 g/mol. The molecule has 0 aliphatic carbocycles. The van der Waals surface area contributed by atoms with Gasteiger partial charge in [-0.3, -0.25) is 9.19 Å². The van der Waals surface area contributed by atoms with E-state index in [0.29, 0.717) is 11.9 Å². The number of halogens is 1. The molecular formula is C12H14ClN3OS. The van der Waals surface area contributed by atoms with E-state index in [4.69, 9.17) is 11.6 Å². The summed E-state index contributed by atoms with van der Waals surface area (Å²) in [5.41, 5.74) is 1.97. The lowest BCUT2D eigenvalue weighted by atomic mass is 10.1. The zero-order valence-corrected chi connectivity index (χ0v) is 11.5. The molecule has 0 radical (unpaired) electrons. The molecule has 3 rings (SSSR count). The van der Waals surface area contributed by atoms with Gasteiger partial charge in [0.25, 0.3) is 0 Å². The summed E-state index contributed by atoms with van der Waals surface area (Å²) in [6, 6.07) is 2.34. The van der Waals surface area contributed by atoms with E-state index in [1.165, 1.54) is 0 Å². The summed E-state index contributed by atoms with van der Waals surface area (Å²) >= 11 is 5.99. The Morgan fingerprint density at radius 1 is 1.44 bits per heavy atom. The second-order valence-corrected chi connectivity index (χ2v) is 6.44. The first-order valence-electron chi connectivity index (χ1n) is 6.01. The number of hydrogen-bond acceptors (Lipinski definition) is 3. The number of pyridine rings is 1. The molecule has 3 heterocycles. The highest BCUT2D eigenvalue weighted by Gasteiger charge is 2.23. The predicted molar refractivity (Wildman–Crippen MR) is 73.2 cm³/mol. The zero-order valence-electron chi connectivity index (χ0n) is 9.88. The normalized spacial score (nSPS) is 24.5. The van der Waals surface area contributed by atoms with Crippen LogP contribution in [0.3, 0.4) is 0 Å². The highest BCUT2D eigenvalue weighted by atomic mass is 35.5. The van der Waals surface area contributed by atoms with Crippen LogP contribution in [0.15, 0.2) is 18.5 Å². The third kappa shape index (κ3) is 2.06. The highest BCUT2D eigenvalue weighted by Crippen LogP contribution is 2.28. The average Bonchev–Trinajstić information content (AvgIpc) is 2.78. The van der Waals surface area contributed by atoms with Crippen molar-refractivity contribution in [3.63, 3.8) is 0 Å². The zero-order chi connectivity index (χ0) is 12.5. The van der Waals surface area contributed by atoms with Crippen molar-refractivity contribution in [2.75, 3.05) is 11.5 Å². The predicted octanol–water partition coefficient (Wildman–Crippen LogP) is 2.25. The van der Waals surface area contributed by atoms with Crippen LogP contribution in [0.1, 0.15) is 24.7 Å². The maximum absolute atomic E-state index is 11.4. The van der Waals surface area contributed by atoms with Crippen LogP contribution < -0.4 is 0 Å². The molecule has 0 spiro atoms. The Labute approximate surface area is 113 Å². The molecule has 0 amide bonds. The SMILES string of the molecule is O=S1CCC(n2c(CCl)nc3cnccc32)CC1. The van der Waals surface area contributed by atoms with Gasteiger partial charge in [0.15, 0.2) is 0 Å². The quantitative estimate of drug-likeness (QED) is 0.794. The molecular weight excluding hydrogens is 270 g/mol. The Balaban J connectivity index is 2.06. The Hall–Kier alpha value is -0.940. The van der Waals surface area contributed by atoms with Crippen LogP contribution in [0.5, 0.6) is 0 Å².